The smallest absolute Gasteiger partial charge is 0.319 e. The van der Waals surface area contributed by atoms with Gasteiger partial charge >= 0.3 is 6.03 Å². The van der Waals surface area contributed by atoms with Gasteiger partial charge in [-0.1, -0.05) is 12.1 Å². The Kier molecular flexibility index (Phi) is 12.8. The minimum absolute atomic E-state index is 0.0260. The van der Waals surface area contributed by atoms with E-state index in [2.05, 4.69) is 15.8 Å². The van der Waals surface area contributed by atoms with Crippen LogP contribution in [-0.2, 0) is 14.8 Å². The lowest BCUT2D eigenvalue weighted by Crippen LogP contribution is -2.48. The second-order valence-electron chi connectivity index (χ2n) is 12.2. The molecule has 252 valence electrons. The van der Waals surface area contributed by atoms with E-state index in [0.29, 0.717) is 24.5 Å². The predicted molar refractivity (Wildman–Crippen MR) is 170 cm³/mol. The highest BCUT2D eigenvalue weighted by Gasteiger charge is 2.34. The number of urea groups is 1. The van der Waals surface area contributed by atoms with E-state index in [1.165, 1.54) is 11.4 Å². The van der Waals surface area contributed by atoms with Crippen molar-refractivity contribution >= 4 is 27.6 Å². The summed E-state index contributed by atoms with van der Waals surface area (Å²) in [5, 5.41) is 19.5. The number of anilines is 1. The summed E-state index contributed by atoms with van der Waals surface area (Å²) in [6.07, 6.45) is 1.43. The first-order valence-electron chi connectivity index (χ1n) is 15.5. The number of benzene rings is 1. The Bertz CT molecular complexity index is 1390. The molecule has 14 heteroatoms. The number of hydrogen-bond donors (Lipinski definition) is 3. The number of ether oxygens (including phenoxy) is 2. The average Bonchev–Trinajstić information content (AvgIpc) is 3.31. The van der Waals surface area contributed by atoms with E-state index < -0.39 is 34.1 Å². The van der Waals surface area contributed by atoms with E-state index in [9.17, 15) is 23.1 Å². The summed E-state index contributed by atoms with van der Waals surface area (Å²) in [6.45, 7) is 12.7. The number of fused-ring (bicyclic) bond motifs is 1. The summed E-state index contributed by atoms with van der Waals surface area (Å²) in [7, 11) is -2.45. The maximum Gasteiger partial charge on any atom is 0.319 e. The van der Waals surface area contributed by atoms with Gasteiger partial charge in [-0.2, -0.15) is 4.31 Å². The summed E-state index contributed by atoms with van der Waals surface area (Å²) < 4.78 is 45.9. The third-order valence-corrected chi connectivity index (χ3v) is 9.87. The molecule has 0 fully saturated rings. The van der Waals surface area contributed by atoms with Crippen LogP contribution < -0.4 is 15.4 Å². The topological polar surface area (TPSA) is 164 Å². The van der Waals surface area contributed by atoms with Crippen LogP contribution in [0.3, 0.4) is 0 Å². The molecule has 0 unspecified atom stereocenters. The lowest BCUT2D eigenvalue weighted by molar-refractivity contribution is -0.00835. The fourth-order valence-electron chi connectivity index (χ4n) is 5.24. The zero-order valence-electron chi connectivity index (χ0n) is 27.6. The highest BCUT2D eigenvalue weighted by molar-refractivity contribution is 7.89. The molecule has 3 rings (SSSR count). The molecule has 1 aliphatic heterocycles. The lowest BCUT2D eigenvalue weighted by atomic mass is 10.0. The van der Waals surface area contributed by atoms with Crippen molar-refractivity contribution in [1.29, 1.82) is 0 Å². The summed E-state index contributed by atoms with van der Waals surface area (Å²) >= 11 is 0. The van der Waals surface area contributed by atoms with Gasteiger partial charge in [0.1, 0.15) is 16.3 Å². The molecule has 3 N–H and O–H groups in total. The van der Waals surface area contributed by atoms with Crippen LogP contribution in [0, 0.1) is 19.8 Å². The Labute approximate surface area is 266 Å². The first kappa shape index (κ1) is 36.3. The van der Waals surface area contributed by atoms with Gasteiger partial charge in [0.2, 0.25) is 10.0 Å². The zero-order chi connectivity index (χ0) is 33.5. The third-order valence-electron chi connectivity index (χ3n) is 7.80. The van der Waals surface area contributed by atoms with Gasteiger partial charge in [0.15, 0.2) is 5.76 Å². The first-order valence-corrected chi connectivity index (χ1v) is 16.9. The first-order chi connectivity index (χ1) is 21.1. The van der Waals surface area contributed by atoms with Gasteiger partial charge in [-0.3, -0.25) is 4.79 Å². The standard InChI is InChI=1S/C31H49N5O8S/c1-19(2)32-31(39)33-25-12-13-27-26(15-25)30(38)36(21(4)18-37)16-20(3)28(42-14-10-9-11-22(5)43-27)17-35(8)45(40,41)29-23(6)34-44-24(29)7/h12-13,15,19-22,28,37H,9-11,14,16-18H2,1-8H3,(H2,32,33,39)/t20-,21+,22+,28-/m0/s1. The summed E-state index contributed by atoms with van der Waals surface area (Å²) in [5.74, 6) is -0.153. The van der Waals surface area contributed by atoms with Crippen LogP contribution in [0.25, 0.3) is 0 Å². The Morgan fingerprint density at radius 3 is 2.53 bits per heavy atom. The maximum absolute atomic E-state index is 14.2. The van der Waals surface area contributed by atoms with Gasteiger partial charge in [0.05, 0.1) is 30.4 Å². The number of carbonyl (C=O) groups excluding carboxylic acids is 2. The number of rotatable bonds is 8. The molecule has 1 aromatic heterocycles. The van der Waals surface area contributed by atoms with Crippen LogP contribution in [-0.4, -0.2) is 97.5 Å². The molecule has 1 aliphatic rings. The summed E-state index contributed by atoms with van der Waals surface area (Å²) in [5.41, 5.74) is 0.928. The Morgan fingerprint density at radius 2 is 1.91 bits per heavy atom. The Balaban J connectivity index is 1.97. The molecule has 0 saturated carbocycles. The molecular weight excluding hydrogens is 602 g/mol. The zero-order valence-corrected chi connectivity index (χ0v) is 28.4. The lowest BCUT2D eigenvalue weighted by Gasteiger charge is -2.35. The molecule has 0 saturated heterocycles. The largest absolute Gasteiger partial charge is 0.490 e. The number of nitrogens with zero attached hydrogens (tertiary/aromatic N) is 3. The number of nitrogens with one attached hydrogen (secondary N) is 2. The monoisotopic (exact) mass is 651 g/mol. The van der Waals surface area contributed by atoms with E-state index >= 15 is 0 Å². The Morgan fingerprint density at radius 1 is 1.20 bits per heavy atom. The van der Waals surface area contributed by atoms with Gasteiger partial charge in [-0.15, -0.1) is 0 Å². The molecule has 1 aromatic carbocycles. The molecule has 4 atom stereocenters. The molecule has 0 radical (unpaired) electrons. The van der Waals surface area contributed by atoms with E-state index in [-0.39, 0.29) is 59.7 Å². The number of aliphatic hydroxyl groups excluding tert-OH is 1. The van der Waals surface area contributed by atoms with Gasteiger partial charge < -0.3 is 34.6 Å². The van der Waals surface area contributed by atoms with Crippen LogP contribution in [0.1, 0.15) is 75.7 Å². The third kappa shape index (κ3) is 9.41. The number of hydrogen-bond acceptors (Lipinski definition) is 9. The number of likely N-dealkylation sites (N-methyl/N-ethyl adjacent to an activating group) is 1. The molecule has 2 aromatic rings. The van der Waals surface area contributed by atoms with Crippen molar-refractivity contribution in [2.24, 2.45) is 5.92 Å². The van der Waals surface area contributed by atoms with Crippen molar-refractivity contribution in [2.75, 3.05) is 38.7 Å². The van der Waals surface area contributed by atoms with Crippen LogP contribution in [0.2, 0.25) is 0 Å². The van der Waals surface area contributed by atoms with Crippen LogP contribution in [0.15, 0.2) is 27.6 Å². The molecule has 13 nitrogen and oxygen atoms in total. The maximum atomic E-state index is 14.2. The van der Waals surface area contributed by atoms with E-state index in [1.807, 2.05) is 27.7 Å². The van der Waals surface area contributed by atoms with Crippen molar-refractivity contribution in [3.8, 4) is 5.75 Å². The quantitative estimate of drug-likeness (QED) is 0.384. The molecule has 3 amide bonds. The number of carbonyl (C=O) groups is 2. The molecule has 0 bridgehead atoms. The van der Waals surface area contributed by atoms with Crippen molar-refractivity contribution in [3.05, 3.63) is 35.2 Å². The highest BCUT2D eigenvalue weighted by atomic mass is 32.2. The van der Waals surface area contributed by atoms with Gasteiger partial charge in [-0.25, -0.2) is 13.2 Å². The molecule has 2 heterocycles. The van der Waals surface area contributed by atoms with E-state index in [1.54, 1.807) is 43.9 Å². The minimum atomic E-state index is -3.94. The van der Waals surface area contributed by atoms with Crippen molar-refractivity contribution < 1.29 is 37.1 Å². The fourth-order valence-corrected chi connectivity index (χ4v) is 6.71. The van der Waals surface area contributed by atoms with E-state index in [0.717, 1.165) is 12.8 Å². The van der Waals surface area contributed by atoms with Gasteiger partial charge in [0, 0.05) is 44.4 Å². The van der Waals surface area contributed by atoms with Crippen molar-refractivity contribution in [2.45, 2.75) is 96.9 Å². The molecule has 0 spiro atoms. The number of aliphatic hydroxyl groups is 1. The Hall–Kier alpha value is -3.20. The summed E-state index contributed by atoms with van der Waals surface area (Å²) in [6, 6.07) is 3.87. The van der Waals surface area contributed by atoms with Gasteiger partial charge in [-0.05, 0) is 79.0 Å². The van der Waals surface area contributed by atoms with Crippen LogP contribution in [0.4, 0.5) is 10.5 Å². The van der Waals surface area contributed by atoms with Crippen molar-refractivity contribution in [3.63, 3.8) is 0 Å². The number of aromatic nitrogens is 1. The molecular formula is C31H49N5O8S. The summed E-state index contributed by atoms with van der Waals surface area (Å²) in [4.78, 5) is 28.2. The van der Waals surface area contributed by atoms with E-state index in [4.69, 9.17) is 14.0 Å². The van der Waals surface area contributed by atoms with Crippen LogP contribution >= 0.6 is 0 Å². The fraction of sp³-hybridized carbons (Fsp3) is 0.645. The highest BCUT2D eigenvalue weighted by Crippen LogP contribution is 2.29. The second-order valence-corrected chi connectivity index (χ2v) is 14.2. The predicted octanol–water partition coefficient (Wildman–Crippen LogP) is 3.94. The SMILES string of the molecule is Cc1noc(C)c1S(=O)(=O)N(C)C[C@@H]1OCCCC[C@@H](C)Oc2ccc(NC(=O)NC(C)C)cc2C(=O)N([C@H](C)CO)C[C@@H]1C. The normalized spacial score (nSPS) is 21.2. The molecule has 45 heavy (non-hydrogen) atoms. The second kappa shape index (κ2) is 15.9. The van der Waals surface area contributed by atoms with Gasteiger partial charge in [0.25, 0.3) is 5.91 Å². The number of aryl methyl sites for hydroxylation is 2. The number of amides is 3. The van der Waals surface area contributed by atoms with Crippen molar-refractivity contribution in [1.82, 2.24) is 19.7 Å². The minimum Gasteiger partial charge on any atom is -0.490 e. The van der Waals surface area contributed by atoms with Crippen LogP contribution in [0.5, 0.6) is 5.75 Å². The average molecular weight is 652 g/mol. The molecule has 0 aliphatic carbocycles. The number of sulfonamides is 1.